The van der Waals surface area contributed by atoms with Crippen LogP contribution in [0.5, 0.6) is 0 Å². The minimum absolute atomic E-state index is 0.0791. The summed E-state index contributed by atoms with van der Waals surface area (Å²) < 4.78 is 1.70. The molecule has 0 radical (unpaired) electrons. The highest BCUT2D eigenvalue weighted by atomic mass is 35.5. The Labute approximate surface area is 154 Å². The molecule has 1 heterocycles. The zero-order valence-corrected chi connectivity index (χ0v) is 15.8. The normalized spacial score (nSPS) is 16.8. The van der Waals surface area contributed by atoms with E-state index in [-0.39, 0.29) is 11.9 Å². The molecule has 2 aromatic rings. The van der Waals surface area contributed by atoms with Gasteiger partial charge >= 0.3 is 0 Å². The Morgan fingerprint density at radius 1 is 1.36 bits per heavy atom. The van der Waals surface area contributed by atoms with Crippen LogP contribution in [-0.4, -0.2) is 46.1 Å². The van der Waals surface area contributed by atoms with Crippen molar-refractivity contribution in [3.63, 3.8) is 0 Å². The molecule has 1 aromatic heterocycles. The summed E-state index contributed by atoms with van der Waals surface area (Å²) in [5.41, 5.74) is 3.35. The quantitative estimate of drug-likeness (QED) is 0.823. The SMILES string of the molecule is CN(C)CC(=O)N(Cc1nn(C)cc1Cl)[C@H]1CCCc2ccccc21. The first kappa shape index (κ1) is 18.0. The Balaban J connectivity index is 1.94. The highest BCUT2D eigenvalue weighted by molar-refractivity contribution is 6.31. The second kappa shape index (κ2) is 7.58. The van der Waals surface area contributed by atoms with Gasteiger partial charge in [0.05, 0.1) is 24.2 Å². The topological polar surface area (TPSA) is 41.4 Å². The van der Waals surface area contributed by atoms with Crippen LogP contribution in [0.25, 0.3) is 0 Å². The molecule has 1 aliphatic carbocycles. The Kier molecular flexibility index (Phi) is 5.45. The van der Waals surface area contributed by atoms with Crippen molar-refractivity contribution in [3.05, 3.63) is 52.3 Å². The number of halogens is 1. The Morgan fingerprint density at radius 2 is 2.12 bits per heavy atom. The van der Waals surface area contributed by atoms with Crippen molar-refractivity contribution in [1.29, 1.82) is 0 Å². The molecule has 1 atom stereocenters. The van der Waals surface area contributed by atoms with Crippen molar-refractivity contribution in [2.45, 2.75) is 31.8 Å². The molecule has 1 aromatic carbocycles. The number of rotatable bonds is 5. The summed E-state index contributed by atoms with van der Waals surface area (Å²) in [6.07, 6.45) is 4.91. The maximum Gasteiger partial charge on any atom is 0.237 e. The summed E-state index contributed by atoms with van der Waals surface area (Å²) in [7, 11) is 5.68. The van der Waals surface area contributed by atoms with E-state index in [9.17, 15) is 4.79 Å². The van der Waals surface area contributed by atoms with E-state index in [1.54, 1.807) is 10.9 Å². The van der Waals surface area contributed by atoms with Gasteiger partial charge in [0, 0.05) is 13.2 Å². The van der Waals surface area contributed by atoms with Gasteiger partial charge in [-0.05, 0) is 44.5 Å². The lowest BCUT2D eigenvalue weighted by atomic mass is 9.86. The zero-order chi connectivity index (χ0) is 18.0. The lowest BCUT2D eigenvalue weighted by Crippen LogP contribution is -2.41. The number of aryl methyl sites for hydroxylation is 2. The van der Waals surface area contributed by atoms with E-state index in [0.29, 0.717) is 18.1 Å². The standard InChI is InChI=1S/C19H25ClN4O/c1-22(2)13-19(25)24(12-17-16(20)11-23(3)21-17)18-10-6-8-14-7-4-5-9-15(14)18/h4-5,7,9,11,18H,6,8,10,12-13H2,1-3H3/t18-/m0/s1. The monoisotopic (exact) mass is 360 g/mol. The number of amides is 1. The maximum absolute atomic E-state index is 13.0. The number of hydrogen-bond acceptors (Lipinski definition) is 3. The maximum atomic E-state index is 13.0. The summed E-state index contributed by atoms with van der Waals surface area (Å²) in [6, 6.07) is 8.52. The fourth-order valence-corrected chi connectivity index (χ4v) is 3.80. The number of carbonyl (C=O) groups is 1. The summed E-state index contributed by atoms with van der Waals surface area (Å²) in [4.78, 5) is 16.8. The van der Waals surface area contributed by atoms with Crippen LogP contribution in [0.2, 0.25) is 5.02 Å². The first-order valence-corrected chi connectivity index (χ1v) is 9.03. The summed E-state index contributed by atoms with van der Waals surface area (Å²) in [6.45, 7) is 0.814. The van der Waals surface area contributed by atoms with Crippen molar-refractivity contribution in [2.24, 2.45) is 7.05 Å². The van der Waals surface area contributed by atoms with Gasteiger partial charge in [-0.2, -0.15) is 5.10 Å². The van der Waals surface area contributed by atoms with E-state index in [0.717, 1.165) is 25.0 Å². The first-order valence-electron chi connectivity index (χ1n) is 8.65. The van der Waals surface area contributed by atoms with Crippen molar-refractivity contribution >= 4 is 17.5 Å². The molecule has 6 heteroatoms. The molecule has 0 saturated heterocycles. The third kappa shape index (κ3) is 4.05. The number of fused-ring (bicyclic) bond motifs is 1. The van der Waals surface area contributed by atoms with Crippen LogP contribution >= 0.6 is 11.6 Å². The van der Waals surface area contributed by atoms with Crippen LogP contribution in [-0.2, 0) is 24.8 Å². The molecule has 3 rings (SSSR count). The molecule has 0 unspecified atom stereocenters. The first-order chi connectivity index (χ1) is 12.0. The molecule has 1 aliphatic rings. The summed E-state index contributed by atoms with van der Waals surface area (Å²) in [5, 5.41) is 5.05. The second-order valence-electron chi connectivity index (χ2n) is 6.96. The lowest BCUT2D eigenvalue weighted by Gasteiger charge is -2.36. The molecule has 5 nitrogen and oxygen atoms in total. The van der Waals surface area contributed by atoms with Crippen molar-refractivity contribution < 1.29 is 4.79 Å². The molecule has 0 spiro atoms. The number of aromatic nitrogens is 2. The van der Waals surface area contributed by atoms with E-state index < -0.39 is 0 Å². The molecule has 0 bridgehead atoms. The summed E-state index contributed by atoms with van der Waals surface area (Å²) >= 11 is 6.31. The van der Waals surface area contributed by atoms with Crippen LogP contribution in [0.1, 0.15) is 35.7 Å². The molecule has 0 saturated carbocycles. The van der Waals surface area contributed by atoms with Gasteiger partial charge in [0.1, 0.15) is 5.69 Å². The fraction of sp³-hybridized carbons (Fsp3) is 0.474. The molecule has 0 aliphatic heterocycles. The highest BCUT2D eigenvalue weighted by Gasteiger charge is 2.30. The smallest absolute Gasteiger partial charge is 0.237 e. The van der Waals surface area contributed by atoms with Gasteiger partial charge in [-0.1, -0.05) is 35.9 Å². The van der Waals surface area contributed by atoms with Gasteiger partial charge in [-0.15, -0.1) is 0 Å². The van der Waals surface area contributed by atoms with Gasteiger partial charge in [0.2, 0.25) is 5.91 Å². The molecule has 0 fully saturated rings. The van der Waals surface area contributed by atoms with E-state index >= 15 is 0 Å². The van der Waals surface area contributed by atoms with Gasteiger partial charge in [0.15, 0.2) is 0 Å². The Bertz CT molecular complexity index is 756. The predicted molar refractivity (Wildman–Crippen MR) is 99.4 cm³/mol. The van der Waals surface area contributed by atoms with Gasteiger partial charge in [0.25, 0.3) is 0 Å². The van der Waals surface area contributed by atoms with Crippen LogP contribution in [0, 0.1) is 0 Å². The van der Waals surface area contributed by atoms with Crippen LogP contribution < -0.4 is 0 Å². The average Bonchev–Trinajstić information content (AvgIpc) is 2.89. The van der Waals surface area contributed by atoms with Crippen molar-refractivity contribution in [3.8, 4) is 0 Å². The molecule has 25 heavy (non-hydrogen) atoms. The number of benzene rings is 1. The average molecular weight is 361 g/mol. The number of nitrogens with zero attached hydrogens (tertiary/aromatic N) is 4. The molecule has 0 N–H and O–H groups in total. The minimum atomic E-state index is 0.0791. The molecule has 1 amide bonds. The zero-order valence-electron chi connectivity index (χ0n) is 15.1. The van der Waals surface area contributed by atoms with Gasteiger partial charge < -0.3 is 9.80 Å². The number of likely N-dealkylation sites (N-methyl/N-ethyl adjacent to an activating group) is 1. The molecular weight excluding hydrogens is 336 g/mol. The van der Waals surface area contributed by atoms with E-state index in [1.807, 2.05) is 30.9 Å². The number of hydrogen-bond donors (Lipinski definition) is 0. The van der Waals surface area contributed by atoms with Gasteiger partial charge in [-0.3, -0.25) is 9.48 Å². The van der Waals surface area contributed by atoms with Gasteiger partial charge in [-0.25, -0.2) is 0 Å². The van der Waals surface area contributed by atoms with E-state index in [4.69, 9.17) is 11.6 Å². The fourth-order valence-electron chi connectivity index (χ4n) is 3.56. The third-order valence-electron chi connectivity index (χ3n) is 4.66. The third-order valence-corrected chi connectivity index (χ3v) is 4.98. The summed E-state index contributed by atoms with van der Waals surface area (Å²) in [5.74, 6) is 0.105. The Morgan fingerprint density at radius 3 is 2.80 bits per heavy atom. The van der Waals surface area contributed by atoms with E-state index in [1.165, 1.54) is 11.1 Å². The van der Waals surface area contributed by atoms with Crippen LogP contribution in [0.15, 0.2) is 30.5 Å². The molecular formula is C19H25ClN4O. The van der Waals surface area contributed by atoms with Crippen molar-refractivity contribution in [2.75, 3.05) is 20.6 Å². The highest BCUT2D eigenvalue weighted by Crippen LogP contribution is 2.35. The largest absolute Gasteiger partial charge is 0.329 e. The van der Waals surface area contributed by atoms with Crippen LogP contribution in [0.3, 0.4) is 0 Å². The Hall–Kier alpha value is -1.85. The second-order valence-corrected chi connectivity index (χ2v) is 7.37. The predicted octanol–water partition coefficient (Wildman–Crippen LogP) is 3.04. The van der Waals surface area contributed by atoms with Crippen LogP contribution in [0.4, 0.5) is 0 Å². The molecule has 134 valence electrons. The van der Waals surface area contributed by atoms with Crippen molar-refractivity contribution in [1.82, 2.24) is 19.6 Å². The van der Waals surface area contributed by atoms with E-state index in [2.05, 4.69) is 29.4 Å². The number of carbonyl (C=O) groups excluding carboxylic acids is 1. The lowest BCUT2D eigenvalue weighted by molar-refractivity contribution is -0.135. The minimum Gasteiger partial charge on any atom is -0.329 e.